The van der Waals surface area contributed by atoms with Gasteiger partial charge in [0.2, 0.25) is 5.82 Å². The fourth-order valence-corrected chi connectivity index (χ4v) is 1.64. The Morgan fingerprint density at radius 2 is 2.16 bits per heavy atom. The number of para-hydroxylation sites is 1. The van der Waals surface area contributed by atoms with Crippen molar-refractivity contribution >= 4 is 5.82 Å². The molecule has 0 saturated heterocycles. The van der Waals surface area contributed by atoms with E-state index in [4.69, 9.17) is 4.74 Å². The molecule has 1 aromatic heterocycles. The topological polar surface area (TPSA) is 90.4 Å². The second kappa shape index (κ2) is 5.07. The van der Waals surface area contributed by atoms with Crippen molar-refractivity contribution in [1.29, 1.82) is 0 Å². The zero-order valence-corrected chi connectivity index (χ0v) is 10.5. The van der Waals surface area contributed by atoms with Crippen LogP contribution >= 0.6 is 0 Å². The largest absolute Gasteiger partial charge is 0.433 e. The third-order valence-electron chi connectivity index (χ3n) is 2.77. The van der Waals surface area contributed by atoms with E-state index in [2.05, 4.69) is 4.98 Å². The minimum atomic E-state index is -0.593. The number of aliphatic hydroxyl groups is 1. The number of aryl methyl sites for hydroxylation is 1. The van der Waals surface area contributed by atoms with E-state index >= 15 is 0 Å². The first-order valence-corrected chi connectivity index (χ1v) is 5.59. The molecule has 1 N–H and O–H groups in total. The van der Waals surface area contributed by atoms with Crippen LogP contribution < -0.4 is 4.74 Å². The Hall–Kier alpha value is -2.41. The van der Waals surface area contributed by atoms with Crippen LogP contribution in [0.3, 0.4) is 0 Å². The molecule has 0 saturated carbocycles. The van der Waals surface area contributed by atoms with E-state index in [1.807, 2.05) is 0 Å². The zero-order chi connectivity index (χ0) is 14.0. The molecule has 7 heteroatoms. The van der Waals surface area contributed by atoms with Gasteiger partial charge in [-0.3, -0.25) is 4.57 Å². The van der Waals surface area contributed by atoms with Crippen LogP contribution in [0.15, 0.2) is 24.3 Å². The number of rotatable bonds is 4. The lowest BCUT2D eigenvalue weighted by Crippen LogP contribution is -1.99. The Labute approximate surface area is 109 Å². The third kappa shape index (κ3) is 2.41. The van der Waals surface area contributed by atoms with Crippen LogP contribution in [0.1, 0.15) is 11.4 Å². The molecule has 7 nitrogen and oxygen atoms in total. The highest BCUT2D eigenvalue weighted by Gasteiger charge is 2.26. The minimum Gasteiger partial charge on any atom is -0.433 e. The van der Waals surface area contributed by atoms with Gasteiger partial charge in [-0.1, -0.05) is 18.2 Å². The summed E-state index contributed by atoms with van der Waals surface area (Å²) in [6.07, 6.45) is 0. The number of imidazole rings is 1. The van der Waals surface area contributed by atoms with E-state index in [0.29, 0.717) is 17.1 Å². The first-order chi connectivity index (χ1) is 9.04. The standard InChI is InChI=1S/C12H13N3O4/c1-8-13-11(15(17)18)12(14(8)2)19-10-6-4-3-5-9(10)7-16/h3-6,16H,7H2,1-2H3. The number of aromatic nitrogens is 2. The Balaban J connectivity index is 2.46. The predicted molar refractivity (Wildman–Crippen MR) is 67.0 cm³/mol. The van der Waals surface area contributed by atoms with E-state index in [1.54, 1.807) is 38.2 Å². The van der Waals surface area contributed by atoms with Gasteiger partial charge in [0.05, 0.1) is 6.61 Å². The number of ether oxygens (including phenoxy) is 1. The van der Waals surface area contributed by atoms with Crippen molar-refractivity contribution in [2.24, 2.45) is 7.05 Å². The molecule has 0 unspecified atom stereocenters. The monoisotopic (exact) mass is 263 g/mol. The second-order valence-corrected chi connectivity index (χ2v) is 3.97. The molecule has 1 heterocycles. The number of nitro groups is 1. The first kappa shape index (κ1) is 13.0. The van der Waals surface area contributed by atoms with Crippen LogP contribution in [0, 0.1) is 17.0 Å². The minimum absolute atomic E-state index is 0.0448. The lowest BCUT2D eigenvalue weighted by Gasteiger charge is -2.09. The summed E-state index contributed by atoms with van der Waals surface area (Å²) in [5, 5.41) is 20.1. The van der Waals surface area contributed by atoms with Gasteiger partial charge in [0.15, 0.2) is 0 Å². The lowest BCUT2D eigenvalue weighted by atomic mass is 10.2. The van der Waals surface area contributed by atoms with Gasteiger partial charge in [0.1, 0.15) is 5.75 Å². The molecule has 0 radical (unpaired) electrons. The predicted octanol–water partition coefficient (Wildman–Crippen LogP) is 1.92. The van der Waals surface area contributed by atoms with Crippen molar-refractivity contribution in [2.45, 2.75) is 13.5 Å². The average molecular weight is 263 g/mol. The molecule has 0 atom stereocenters. The van der Waals surface area contributed by atoms with E-state index in [-0.39, 0.29) is 18.3 Å². The van der Waals surface area contributed by atoms with Crippen LogP contribution in [0.4, 0.5) is 5.82 Å². The van der Waals surface area contributed by atoms with Crippen LogP contribution in [0.5, 0.6) is 11.6 Å². The summed E-state index contributed by atoms with van der Waals surface area (Å²) >= 11 is 0. The summed E-state index contributed by atoms with van der Waals surface area (Å²) < 4.78 is 7.04. The molecule has 2 rings (SSSR count). The van der Waals surface area contributed by atoms with Crippen molar-refractivity contribution in [3.05, 3.63) is 45.8 Å². The number of hydrogen-bond donors (Lipinski definition) is 1. The second-order valence-electron chi connectivity index (χ2n) is 3.97. The summed E-state index contributed by atoms with van der Waals surface area (Å²) in [5.74, 6) is 0.551. The highest BCUT2D eigenvalue weighted by molar-refractivity contribution is 5.42. The maximum Gasteiger partial charge on any atom is 0.427 e. The van der Waals surface area contributed by atoms with Gasteiger partial charge < -0.3 is 20.0 Å². The quantitative estimate of drug-likeness (QED) is 0.672. The van der Waals surface area contributed by atoms with Gasteiger partial charge in [-0.2, -0.15) is 0 Å². The summed E-state index contributed by atoms with van der Waals surface area (Å²) in [4.78, 5) is 14.2. The smallest absolute Gasteiger partial charge is 0.427 e. The van der Waals surface area contributed by atoms with Crippen LogP contribution in [-0.4, -0.2) is 19.6 Å². The Bertz CT molecular complexity index is 621. The molecule has 0 fully saturated rings. The zero-order valence-electron chi connectivity index (χ0n) is 10.5. The fraction of sp³-hybridized carbons (Fsp3) is 0.250. The molecule has 19 heavy (non-hydrogen) atoms. The highest BCUT2D eigenvalue weighted by atomic mass is 16.6. The lowest BCUT2D eigenvalue weighted by molar-refractivity contribution is -0.390. The van der Waals surface area contributed by atoms with Gasteiger partial charge in [0, 0.05) is 19.5 Å². The molecule has 0 aliphatic heterocycles. The van der Waals surface area contributed by atoms with Gasteiger partial charge in [-0.15, -0.1) is 0 Å². The van der Waals surface area contributed by atoms with E-state index in [9.17, 15) is 15.2 Å². The summed E-state index contributed by atoms with van der Waals surface area (Å²) in [5.41, 5.74) is 0.552. The Kier molecular flexibility index (Phi) is 3.48. The molecule has 2 aromatic rings. The number of hydrogen-bond acceptors (Lipinski definition) is 5. The van der Waals surface area contributed by atoms with Crippen LogP contribution in [0.25, 0.3) is 0 Å². The maximum absolute atomic E-state index is 10.9. The normalized spacial score (nSPS) is 10.5. The molecule has 0 amide bonds. The van der Waals surface area contributed by atoms with Crippen molar-refractivity contribution in [3.63, 3.8) is 0 Å². The van der Waals surface area contributed by atoms with Crippen molar-refractivity contribution in [2.75, 3.05) is 0 Å². The molecule has 0 aliphatic carbocycles. The van der Waals surface area contributed by atoms with Crippen LogP contribution in [0.2, 0.25) is 0 Å². The summed E-state index contributed by atoms with van der Waals surface area (Å²) in [7, 11) is 1.63. The molecule has 0 bridgehead atoms. The third-order valence-corrected chi connectivity index (χ3v) is 2.77. The van der Waals surface area contributed by atoms with Gasteiger partial charge in [-0.05, 0) is 16.0 Å². The average Bonchev–Trinajstić information content (AvgIpc) is 2.68. The van der Waals surface area contributed by atoms with Gasteiger partial charge in [-0.25, -0.2) is 0 Å². The molecule has 1 aromatic carbocycles. The summed E-state index contributed by atoms with van der Waals surface area (Å²) in [6.45, 7) is 1.44. The van der Waals surface area contributed by atoms with Crippen molar-refractivity contribution in [3.8, 4) is 11.6 Å². The molecule has 100 valence electrons. The maximum atomic E-state index is 10.9. The van der Waals surface area contributed by atoms with Crippen molar-refractivity contribution in [1.82, 2.24) is 9.55 Å². The highest BCUT2D eigenvalue weighted by Crippen LogP contribution is 2.32. The first-order valence-electron chi connectivity index (χ1n) is 5.59. The molecule has 0 aliphatic rings. The fourth-order valence-electron chi connectivity index (χ4n) is 1.64. The Morgan fingerprint density at radius 1 is 1.47 bits per heavy atom. The number of aliphatic hydroxyl groups excluding tert-OH is 1. The Morgan fingerprint density at radius 3 is 2.79 bits per heavy atom. The van der Waals surface area contributed by atoms with E-state index in [0.717, 1.165) is 0 Å². The molecular formula is C12H13N3O4. The van der Waals surface area contributed by atoms with Crippen molar-refractivity contribution < 1.29 is 14.8 Å². The van der Waals surface area contributed by atoms with Gasteiger partial charge >= 0.3 is 11.7 Å². The number of benzene rings is 1. The van der Waals surface area contributed by atoms with Gasteiger partial charge in [0.25, 0.3) is 0 Å². The van der Waals surface area contributed by atoms with E-state index in [1.165, 1.54) is 4.57 Å². The molecular weight excluding hydrogens is 250 g/mol. The number of nitrogens with zero attached hydrogens (tertiary/aromatic N) is 3. The van der Waals surface area contributed by atoms with Crippen LogP contribution in [-0.2, 0) is 13.7 Å². The SMILES string of the molecule is Cc1nc([N+](=O)[O-])c(Oc2ccccc2CO)n1C. The molecule has 0 spiro atoms. The summed E-state index contributed by atoms with van der Waals surface area (Å²) in [6, 6.07) is 6.80. The van der Waals surface area contributed by atoms with E-state index < -0.39 is 4.92 Å².